The molecule has 1 aliphatic heterocycles. The molecule has 2 aliphatic rings. The number of likely N-dealkylation sites (N-methyl/N-ethyl adjacent to an activating group) is 1. The fourth-order valence-corrected chi connectivity index (χ4v) is 7.11. The molecule has 3 aromatic carbocycles. The number of nitrogens with two attached hydrogens (primary N) is 1. The minimum absolute atomic E-state index is 0.0444. The molecule has 262 valence electrons. The molecule has 3 amide bonds. The molecule has 50 heavy (non-hydrogen) atoms. The Labute approximate surface area is 293 Å². The highest BCUT2D eigenvalue weighted by Gasteiger charge is 2.29. The predicted octanol–water partition coefficient (Wildman–Crippen LogP) is 4.10. The van der Waals surface area contributed by atoms with Crippen LogP contribution in [0.5, 0.6) is 0 Å². The molecule has 4 aromatic rings. The second-order valence-electron chi connectivity index (χ2n) is 13.8. The van der Waals surface area contributed by atoms with E-state index in [-0.39, 0.29) is 29.7 Å². The van der Waals surface area contributed by atoms with Crippen LogP contribution in [0, 0.1) is 18.8 Å². The fourth-order valence-electron chi connectivity index (χ4n) is 7.11. The zero-order valence-electron chi connectivity index (χ0n) is 28.8. The molecule has 12 nitrogen and oxygen atoms in total. The van der Waals surface area contributed by atoms with Crippen LogP contribution in [-0.2, 0) is 16.0 Å². The van der Waals surface area contributed by atoms with Gasteiger partial charge in [0, 0.05) is 41.7 Å². The summed E-state index contributed by atoms with van der Waals surface area (Å²) in [4.78, 5) is 42.4. The maximum Gasteiger partial charge on any atom is 0.251 e. The molecule has 1 aromatic heterocycles. The van der Waals surface area contributed by atoms with E-state index in [2.05, 4.69) is 48.5 Å². The summed E-state index contributed by atoms with van der Waals surface area (Å²) in [5.41, 5.74) is 11.8. The van der Waals surface area contributed by atoms with Gasteiger partial charge in [-0.1, -0.05) is 30.3 Å². The number of hydrogen-bond donors (Lipinski definition) is 5. The summed E-state index contributed by atoms with van der Waals surface area (Å²) >= 11 is 0. The number of aromatic nitrogens is 4. The normalized spacial score (nSPS) is 20.1. The van der Waals surface area contributed by atoms with Crippen LogP contribution < -0.4 is 21.7 Å². The number of carbonyl (C=O) groups excluding carboxylic acids is 3. The molecule has 2 atom stereocenters. The third kappa shape index (κ3) is 8.80. The van der Waals surface area contributed by atoms with Crippen molar-refractivity contribution in [1.29, 1.82) is 0 Å². The van der Waals surface area contributed by atoms with Gasteiger partial charge in [0.05, 0.1) is 0 Å². The monoisotopic (exact) mass is 677 g/mol. The lowest BCUT2D eigenvalue weighted by atomic mass is 9.81. The molecule has 6 N–H and O–H groups in total. The van der Waals surface area contributed by atoms with Crippen LogP contribution in [-0.4, -0.2) is 82.0 Å². The van der Waals surface area contributed by atoms with E-state index in [1.807, 2.05) is 49.4 Å². The first-order valence-electron chi connectivity index (χ1n) is 17.6. The molecule has 1 saturated heterocycles. The molecule has 1 saturated carbocycles. The number of benzene rings is 3. The van der Waals surface area contributed by atoms with Crippen molar-refractivity contribution >= 4 is 23.4 Å². The van der Waals surface area contributed by atoms with Crippen molar-refractivity contribution in [2.45, 2.75) is 64.0 Å². The first-order valence-corrected chi connectivity index (χ1v) is 17.6. The Morgan fingerprint density at radius 1 is 0.960 bits per heavy atom. The van der Waals surface area contributed by atoms with Gasteiger partial charge in [0.15, 0.2) is 0 Å². The Morgan fingerprint density at radius 3 is 2.36 bits per heavy atom. The van der Waals surface area contributed by atoms with E-state index in [0.29, 0.717) is 36.0 Å². The number of aryl methyl sites for hydroxylation is 1. The highest BCUT2D eigenvalue weighted by molar-refractivity contribution is 5.98. The molecule has 0 spiro atoms. The number of amides is 3. The van der Waals surface area contributed by atoms with Crippen molar-refractivity contribution in [3.63, 3.8) is 0 Å². The van der Waals surface area contributed by atoms with Gasteiger partial charge in [-0.3, -0.25) is 14.4 Å². The number of piperidine rings is 1. The average Bonchev–Trinajstić information content (AvgIpc) is 3.67. The van der Waals surface area contributed by atoms with Gasteiger partial charge in [-0.15, -0.1) is 10.2 Å². The SMILES string of the molecule is Cc1cc(C(=O)N[C@H]2CCCN(C)C2)ccc1-c1ccc(C[C@H](NC(=O)C2CCC(CN)CC2)C(=O)Nc2ccc(-c3nn[nH]n3)cc2)cc1. The summed E-state index contributed by atoms with van der Waals surface area (Å²) in [5, 5.41) is 23.3. The van der Waals surface area contributed by atoms with Crippen LogP contribution >= 0.6 is 0 Å². The first-order chi connectivity index (χ1) is 24.2. The molecule has 12 heteroatoms. The molecule has 0 unspecified atom stereocenters. The topological polar surface area (TPSA) is 171 Å². The maximum absolute atomic E-state index is 13.7. The van der Waals surface area contributed by atoms with E-state index in [4.69, 9.17) is 5.73 Å². The standard InChI is InChI=1S/C38H47N9O3/c1-24-20-30(37(49)41-32-4-3-19-47(2)23-32)15-18-33(24)27-9-5-25(6-10-27)21-34(42-36(48)29-11-7-26(22-39)8-12-29)38(50)40-31-16-13-28(14-17-31)35-43-45-46-44-35/h5-6,9-10,13-18,20,26,29,32,34H,3-4,7-8,11-12,19,21-23,39H2,1-2H3,(H,40,50)(H,41,49)(H,42,48)(H,43,44,45,46)/t26?,29?,32-,34-/m0/s1. The Morgan fingerprint density at radius 2 is 1.70 bits per heavy atom. The second-order valence-corrected chi connectivity index (χ2v) is 13.8. The molecular formula is C38H47N9O3. The predicted molar refractivity (Wildman–Crippen MR) is 193 cm³/mol. The van der Waals surface area contributed by atoms with Crippen molar-refractivity contribution < 1.29 is 14.4 Å². The number of rotatable bonds is 11. The largest absolute Gasteiger partial charge is 0.348 e. The third-order valence-electron chi connectivity index (χ3n) is 10.1. The Hall–Kier alpha value is -4.94. The molecule has 2 heterocycles. The van der Waals surface area contributed by atoms with Crippen molar-refractivity contribution in [2.24, 2.45) is 17.6 Å². The number of anilines is 1. The molecule has 2 fully saturated rings. The van der Waals surface area contributed by atoms with Crippen molar-refractivity contribution in [1.82, 2.24) is 36.2 Å². The quantitative estimate of drug-likeness (QED) is 0.158. The number of aromatic amines is 1. The summed E-state index contributed by atoms with van der Waals surface area (Å²) < 4.78 is 0. The molecular weight excluding hydrogens is 630 g/mol. The minimum Gasteiger partial charge on any atom is -0.348 e. The maximum atomic E-state index is 13.7. The van der Waals surface area contributed by atoms with E-state index in [0.717, 1.165) is 79.4 Å². The molecule has 0 radical (unpaired) electrons. The summed E-state index contributed by atoms with van der Waals surface area (Å²) in [7, 11) is 2.09. The number of nitrogens with one attached hydrogen (secondary N) is 4. The highest BCUT2D eigenvalue weighted by Crippen LogP contribution is 2.29. The minimum atomic E-state index is -0.777. The zero-order chi connectivity index (χ0) is 35.0. The zero-order valence-corrected chi connectivity index (χ0v) is 28.8. The van der Waals surface area contributed by atoms with E-state index in [1.54, 1.807) is 24.3 Å². The lowest BCUT2D eigenvalue weighted by Gasteiger charge is -2.30. The number of H-pyrrole nitrogens is 1. The van der Waals surface area contributed by atoms with Crippen LogP contribution in [0.4, 0.5) is 5.69 Å². The van der Waals surface area contributed by atoms with Gasteiger partial charge < -0.3 is 26.6 Å². The summed E-state index contributed by atoms with van der Waals surface area (Å²) in [6.45, 7) is 4.59. The van der Waals surface area contributed by atoms with Crippen molar-refractivity contribution in [3.05, 3.63) is 83.4 Å². The fraction of sp³-hybridized carbons (Fsp3) is 0.421. The molecule has 0 bridgehead atoms. The van der Waals surface area contributed by atoms with Crippen LogP contribution in [0.15, 0.2) is 66.7 Å². The van der Waals surface area contributed by atoms with Gasteiger partial charge >= 0.3 is 0 Å². The van der Waals surface area contributed by atoms with Gasteiger partial charge in [0.25, 0.3) is 5.91 Å². The second kappa shape index (κ2) is 16.2. The van der Waals surface area contributed by atoms with Crippen molar-refractivity contribution in [2.75, 3.05) is 32.0 Å². The van der Waals surface area contributed by atoms with Crippen LogP contribution in [0.3, 0.4) is 0 Å². The van der Waals surface area contributed by atoms with E-state index < -0.39 is 6.04 Å². The van der Waals surface area contributed by atoms with Crippen LogP contribution in [0.1, 0.15) is 60.0 Å². The van der Waals surface area contributed by atoms with Gasteiger partial charge in [-0.25, -0.2) is 0 Å². The van der Waals surface area contributed by atoms with Crippen molar-refractivity contribution in [3.8, 4) is 22.5 Å². The lowest BCUT2D eigenvalue weighted by molar-refractivity contribution is -0.130. The lowest BCUT2D eigenvalue weighted by Crippen LogP contribution is -2.48. The van der Waals surface area contributed by atoms with Crippen LogP contribution in [0.25, 0.3) is 22.5 Å². The molecule has 6 rings (SSSR count). The Kier molecular flexibility index (Phi) is 11.3. The van der Waals surface area contributed by atoms with Gasteiger partial charge in [-0.05, 0) is 135 Å². The first kappa shape index (κ1) is 34.9. The molecule has 1 aliphatic carbocycles. The van der Waals surface area contributed by atoms with E-state index >= 15 is 0 Å². The summed E-state index contributed by atoms with van der Waals surface area (Å²) in [6.07, 6.45) is 5.78. The van der Waals surface area contributed by atoms with Crippen LogP contribution in [0.2, 0.25) is 0 Å². The number of carbonyl (C=O) groups is 3. The van der Waals surface area contributed by atoms with Gasteiger partial charge in [0.1, 0.15) is 6.04 Å². The summed E-state index contributed by atoms with van der Waals surface area (Å²) in [6, 6.07) is 20.4. The Bertz CT molecular complexity index is 1750. The van der Waals surface area contributed by atoms with E-state index in [9.17, 15) is 14.4 Å². The number of tetrazole rings is 1. The third-order valence-corrected chi connectivity index (χ3v) is 10.1. The van der Waals surface area contributed by atoms with Gasteiger partial charge in [-0.2, -0.15) is 5.21 Å². The summed E-state index contributed by atoms with van der Waals surface area (Å²) in [5.74, 6) is 0.335. The highest BCUT2D eigenvalue weighted by atomic mass is 16.2. The number of hydrogen-bond acceptors (Lipinski definition) is 8. The Balaban J connectivity index is 1.13. The number of likely N-dealkylation sites (tertiary alicyclic amines) is 1. The smallest absolute Gasteiger partial charge is 0.251 e. The average molecular weight is 678 g/mol. The van der Waals surface area contributed by atoms with Gasteiger partial charge in [0.2, 0.25) is 17.6 Å². The van der Waals surface area contributed by atoms with E-state index in [1.165, 1.54) is 0 Å². The number of nitrogens with zero attached hydrogens (tertiary/aromatic N) is 4.